The van der Waals surface area contributed by atoms with Crippen molar-refractivity contribution in [2.45, 2.75) is 18.2 Å². The van der Waals surface area contributed by atoms with Crippen LogP contribution < -0.4 is 0 Å². The molecule has 0 radical (unpaired) electrons. The third kappa shape index (κ3) is 3.92. The highest BCUT2D eigenvalue weighted by atomic mass is 32.2. The van der Waals surface area contributed by atoms with Gasteiger partial charge in [-0.25, -0.2) is 17.5 Å². The molecule has 1 N–H and O–H groups in total. The molecule has 1 aromatic rings. The van der Waals surface area contributed by atoms with Crippen molar-refractivity contribution >= 4 is 22.1 Å². The highest BCUT2D eigenvalue weighted by molar-refractivity contribution is 7.89. The maximum atomic E-state index is 12.4. The van der Waals surface area contributed by atoms with E-state index in [1.165, 1.54) is 22.5 Å². The summed E-state index contributed by atoms with van der Waals surface area (Å²) in [6, 6.07) is 6.20. The largest absolute Gasteiger partial charge is 0.478 e. The summed E-state index contributed by atoms with van der Waals surface area (Å²) in [5.41, 5.74) is 0.648. The van der Waals surface area contributed by atoms with Gasteiger partial charge in [-0.3, -0.25) is 0 Å². The molecule has 1 aliphatic rings. The Hall–Kier alpha value is -1.66. The third-order valence-corrected chi connectivity index (χ3v) is 5.61. The lowest BCUT2D eigenvalue weighted by atomic mass is 10.2. The molecular formula is C15H19NO4S. The first-order valence-corrected chi connectivity index (χ1v) is 8.22. The molecule has 1 aromatic carbocycles. The van der Waals surface area contributed by atoms with E-state index in [0.29, 0.717) is 23.9 Å². The first kappa shape index (κ1) is 15.7. The first-order chi connectivity index (χ1) is 9.80. The molecule has 1 saturated carbocycles. The van der Waals surface area contributed by atoms with Crippen LogP contribution in [0.25, 0.3) is 6.08 Å². The molecule has 2 rings (SSSR count). The molecule has 2 unspecified atom stereocenters. The van der Waals surface area contributed by atoms with Crippen molar-refractivity contribution in [3.05, 3.63) is 35.9 Å². The van der Waals surface area contributed by atoms with Gasteiger partial charge in [0.25, 0.3) is 0 Å². The zero-order chi connectivity index (χ0) is 15.6. The topological polar surface area (TPSA) is 74.7 Å². The van der Waals surface area contributed by atoms with Crippen LogP contribution in [0.5, 0.6) is 0 Å². The van der Waals surface area contributed by atoms with Gasteiger partial charge < -0.3 is 5.11 Å². The molecular weight excluding hydrogens is 290 g/mol. The molecule has 0 bridgehead atoms. The Balaban J connectivity index is 2.11. The van der Waals surface area contributed by atoms with Gasteiger partial charge in [-0.05, 0) is 42.0 Å². The van der Waals surface area contributed by atoms with Gasteiger partial charge in [0.1, 0.15) is 0 Å². The normalized spacial score (nSPS) is 21.9. The quantitative estimate of drug-likeness (QED) is 0.816. The van der Waals surface area contributed by atoms with Crippen molar-refractivity contribution in [3.63, 3.8) is 0 Å². The Morgan fingerprint density at radius 1 is 1.38 bits per heavy atom. The van der Waals surface area contributed by atoms with Gasteiger partial charge in [-0.2, -0.15) is 0 Å². The van der Waals surface area contributed by atoms with E-state index < -0.39 is 16.0 Å². The van der Waals surface area contributed by atoms with Crippen LogP contribution in [0.3, 0.4) is 0 Å². The lowest BCUT2D eigenvalue weighted by Gasteiger charge is -2.17. The van der Waals surface area contributed by atoms with Gasteiger partial charge in [0.15, 0.2) is 0 Å². The highest BCUT2D eigenvalue weighted by Crippen LogP contribution is 2.38. The number of sulfonamides is 1. The molecule has 2 atom stereocenters. The number of hydrogen-bond acceptors (Lipinski definition) is 3. The fraction of sp³-hybridized carbons (Fsp3) is 0.400. The Labute approximate surface area is 124 Å². The summed E-state index contributed by atoms with van der Waals surface area (Å²) < 4.78 is 26.2. The number of hydrogen-bond donors (Lipinski definition) is 1. The molecule has 0 aromatic heterocycles. The first-order valence-electron chi connectivity index (χ1n) is 6.78. The van der Waals surface area contributed by atoms with Gasteiger partial charge in [-0.1, -0.05) is 19.1 Å². The lowest BCUT2D eigenvalue weighted by Crippen LogP contribution is -2.29. The average molecular weight is 309 g/mol. The number of carboxylic acids is 1. The SMILES string of the molecule is CC1CC1CN(C)S(=O)(=O)c1ccc(C=CC(=O)O)cc1. The molecule has 1 fully saturated rings. The minimum atomic E-state index is -3.47. The minimum absolute atomic E-state index is 0.228. The number of nitrogens with zero attached hydrogens (tertiary/aromatic N) is 1. The second-order valence-corrected chi connectivity index (χ2v) is 7.54. The van der Waals surface area contributed by atoms with Crippen LogP contribution in [-0.2, 0) is 14.8 Å². The molecule has 6 heteroatoms. The van der Waals surface area contributed by atoms with Crippen LogP contribution in [0.4, 0.5) is 0 Å². The summed E-state index contributed by atoms with van der Waals surface area (Å²) in [5.74, 6) is 0.0266. The third-order valence-electron chi connectivity index (χ3n) is 3.77. The summed E-state index contributed by atoms with van der Waals surface area (Å²) >= 11 is 0. The number of aliphatic carboxylic acids is 1. The van der Waals surface area contributed by atoms with Gasteiger partial charge in [0.2, 0.25) is 10.0 Å². The molecule has 0 amide bonds. The summed E-state index contributed by atoms with van der Waals surface area (Å²) in [5, 5.41) is 8.55. The zero-order valence-corrected chi connectivity index (χ0v) is 12.9. The van der Waals surface area contributed by atoms with Crippen LogP contribution in [0.2, 0.25) is 0 Å². The van der Waals surface area contributed by atoms with Crippen LogP contribution >= 0.6 is 0 Å². The standard InChI is InChI=1S/C15H19NO4S/c1-11-9-13(11)10-16(2)21(19,20)14-6-3-12(4-7-14)5-8-15(17)18/h3-8,11,13H,9-10H2,1-2H3,(H,17,18). The van der Waals surface area contributed by atoms with Crippen molar-refractivity contribution in [3.8, 4) is 0 Å². The molecule has 114 valence electrons. The van der Waals surface area contributed by atoms with E-state index in [0.717, 1.165) is 12.5 Å². The second kappa shape index (κ2) is 5.99. The maximum absolute atomic E-state index is 12.4. The fourth-order valence-electron chi connectivity index (χ4n) is 2.18. The lowest BCUT2D eigenvalue weighted by molar-refractivity contribution is -0.131. The van der Waals surface area contributed by atoms with Crippen molar-refractivity contribution in [1.82, 2.24) is 4.31 Å². The molecule has 0 aliphatic heterocycles. The highest BCUT2D eigenvalue weighted by Gasteiger charge is 2.36. The van der Waals surface area contributed by atoms with Gasteiger partial charge in [-0.15, -0.1) is 0 Å². The van der Waals surface area contributed by atoms with Crippen molar-refractivity contribution in [1.29, 1.82) is 0 Å². The van der Waals surface area contributed by atoms with E-state index in [1.807, 2.05) is 0 Å². The number of benzene rings is 1. The summed E-state index contributed by atoms with van der Waals surface area (Å²) in [7, 11) is -1.88. The van der Waals surface area contributed by atoms with E-state index in [9.17, 15) is 13.2 Å². The Bertz CT molecular complexity index is 649. The Morgan fingerprint density at radius 3 is 2.43 bits per heavy atom. The zero-order valence-electron chi connectivity index (χ0n) is 12.1. The number of rotatable bonds is 6. The minimum Gasteiger partial charge on any atom is -0.478 e. The van der Waals surface area contributed by atoms with E-state index in [1.54, 1.807) is 19.2 Å². The summed E-state index contributed by atoms with van der Waals surface area (Å²) in [4.78, 5) is 10.7. The predicted octanol–water partition coefficient (Wildman–Crippen LogP) is 2.06. The van der Waals surface area contributed by atoms with Crippen molar-refractivity contribution < 1.29 is 18.3 Å². The van der Waals surface area contributed by atoms with Crippen molar-refractivity contribution in [2.24, 2.45) is 11.8 Å². The molecule has 5 nitrogen and oxygen atoms in total. The number of carboxylic acid groups (broad SMARTS) is 1. The fourth-order valence-corrected chi connectivity index (χ4v) is 3.41. The van der Waals surface area contributed by atoms with Gasteiger partial charge >= 0.3 is 5.97 Å². The van der Waals surface area contributed by atoms with Crippen LogP contribution in [0, 0.1) is 11.8 Å². The van der Waals surface area contributed by atoms with Gasteiger partial charge in [0, 0.05) is 19.7 Å². The van der Waals surface area contributed by atoms with E-state index in [2.05, 4.69) is 6.92 Å². The van der Waals surface area contributed by atoms with Gasteiger partial charge in [0.05, 0.1) is 4.90 Å². The maximum Gasteiger partial charge on any atom is 0.328 e. The molecule has 1 aliphatic carbocycles. The summed E-state index contributed by atoms with van der Waals surface area (Å²) in [6.45, 7) is 2.67. The Kier molecular flexibility index (Phi) is 4.49. The number of carbonyl (C=O) groups is 1. The average Bonchev–Trinajstić information content (AvgIpc) is 3.12. The molecule has 0 saturated heterocycles. The van der Waals surface area contributed by atoms with Crippen LogP contribution in [0.1, 0.15) is 18.9 Å². The van der Waals surface area contributed by atoms with Crippen LogP contribution in [-0.4, -0.2) is 37.4 Å². The second-order valence-electron chi connectivity index (χ2n) is 5.50. The molecule has 0 spiro atoms. The molecule has 21 heavy (non-hydrogen) atoms. The van der Waals surface area contributed by atoms with Crippen molar-refractivity contribution in [2.75, 3.05) is 13.6 Å². The van der Waals surface area contributed by atoms with E-state index in [4.69, 9.17) is 5.11 Å². The molecule has 0 heterocycles. The predicted molar refractivity (Wildman–Crippen MR) is 80.2 cm³/mol. The Morgan fingerprint density at radius 2 is 1.95 bits per heavy atom. The van der Waals surface area contributed by atoms with Crippen LogP contribution in [0.15, 0.2) is 35.2 Å². The van der Waals surface area contributed by atoms with E-state index in [-0.39, 0.29) is 4.90 Å². The summed E-state index contributed by atoms with van der Waals surface area (Å²) in [6.07, 6.45) is 3.53. The smallest absolute Gasteiger partial charge is 0.328 e. The monoisotopic (exact) mass is 309 g/mol. The van der Waals surface area contributed by atoms with E-state index >= 15 is 0 Å².